The molecule has 2 rings (SSSR count). The third-order valence-corrected chi connectivity index (χ3v) is 3.05. The van der Waals surface area contributed by atoms with Gasteiger partial charge in [0.15, 0.2) is 6.61 Å². The van der Waals surface area contributed by atoms with Crippen LogP contribution in [0.3, 0.4) is 0 Å². The Labute approximate surface area is 137 Å². The highest BCUT2D eigenvalue weighted by Gasteiger charge is 2.02. The molecule has 2 aromatic rings. The molecule has 0 radical (unpaired) electrons. The fourth-order valence-corrected chi connectivity index (χ4v) is 1.82. The van der Waals surface area contributed by atoms with Crippen molar-refractivity contribution in [3.05, 3.63) is 58.1 Å². The first-order chi connectivity index (χ1) is 10.5. The highest BCUT2D eigenvalue weighted by atomic mass is 35.5. The molecule has 0 saturated carbocycles. The van der Waals surface area contributed by atoms with E-state index >= 15 is 0 Å². The largest absolute Gasteiger partial charge is 0.507 e. The van der Waals surface area contributed by atoms with E-state index in [1.54, 1.807) is 30.3 Å². The maximum Gasteiger partial charge on any atom is 0.277 e. The van der Waals surface area contributed by atoms with Crippen LogP contribution in [0.2, 0.25) is 10.0 Å². The predicted molar refractivity (Wildman–Crippen MR) is 85.8 cm³/mol. The molecule has 0 heterocycles. The number of ether oxygens (including phenoxy) is 1. The van der Waals surface area contributed by atoms with Crippen molar-refractivity contribution in [3.63, 3.8) is 0 Å². The number of phenols is 1. The second-order valence-electron chi connectivity index (χ2n) is 4.24. The molecule has 7 heteroatoms. The van der Waals surface area contributed by atoms with E-state index in [9.17, 15) is 9.90 Å². The maximum absolute atomic E-state index is 11.6. The van der Waals surface area contributed by atoms with Crippen molar-refractivity contribution >= 4 is 35.3 Å². The molecule has 22 heavy (non-hydrogen) atoms. The summed E-state index contributed by atoms with van der Waals surface area (Å²) in [6.45, 7) is -0.194. The minimum atomic E-state index is -0.437. The number of carbonyl (C=O) groups is 1. The average Bonchev–Trinajstić information content (AvgIpc) is 2.50. The first-order valence-corrected chi connectivity index (χ1v) is 6.99. The molecule has 0 atom stereocenters. The Hall–Kier alpha value is -2.24. The minimum absolute atomic E-state index is 0.0137. The molecule has 2 aromatic carbocycles. The number of hydrazone groups is 1. The van der Waals surface area contributed by atoms with E-state index in [0.717, 1.165) is 0 Å². The van der Waals surface area contributed by atoms with Crippen LogP contribution in [0.4, 0.5) is 0 Å². The van der Waals surface area contributed by atoms with Crippen LogP contribution in [0.25, 0.3) is 0 Å². The quantitative estimate of drug-likeness (QED) is 0.649. The Balaban J connectivity index is 1.83. The highest BCUT2D eigenvalue weighted by molar-refractivity contribution is 6.31. The van der Waals surface area contributed by atoms with Gasteiger partial charge in [-0.05, 0) is 42.5 Å². The monoisotopic (exact) mass is 338 g/mol. The number of rotatable bonds is 5. The fraction of sp³-hybridized carbons (Fsp3) is 0.0667. The summed E-state index contributed by atoms with van der Waals surface area (Å²) < 4.78 is 5.25. The number of carbonyl (C=O) groups excluding carboxylic acids is 1. The molecule has 0 aliphatic rings. The lowest BCUT2D eigenvalue weighted by Crippen LogP contribution is -2.24. The van der Waals surface area contributed by atoms with Crippen molar-refractivity contribution in [3.8, 4) is 11.5 Å². The Bertz CT molecular complexity index is 688. The van der Waals surface area contributed by atoms with Gasteiger partial charge < -0.3 is 9.84 Å². The molecular formula is C15H12Cl2N2O3. The molecule has 0 aromatic heterocycles. The van der Waals surface area contributed by atoms with Gasteiger partial charge in [-0.25, -0.2) is 5.43 Å². The SMILES string of the molecule is O=C(COc1ccc(Cl)cc1)NN=Cc1cc(Cl)ccc1O. The average molecular weight is 339 g/mol. The van der Waals surface area contributed by atoms with Crippen LogP contribution in [0, 0.1) is 0 Å². The van der Waals surface area contributed by atoms with Crippen LogP contribution in [0.15, 0.2) is 47.6 Å². The summed E-state index contributed by atoms with van der Waals surface area (Å²) in [5.74, 6) is 0.101. The van der Waals surface area contributed by atoms with Gasteiger partial charge in [-0.2, -0.15) is 5.10 Å². The van der Waals surface area contributed by atoms with Gasteiger partial charge in [-0.3, -0.25) is 4.79 Å². The lowest BCUT2D eigenvalue weighted by Gasteiger charge is -2.04. The Kier molecular flexibility index (Phi) is 5.63. The molecule has 0 aliphatic carbocycles. The highest BCUT2D eigenvalue weighted by Crippen LogP contribution is 2.19. The molecule has 114 valence electrons. The second kappa shape index (κ2) is 7.68. The smallest absolute Gasteiger partial charge is 0.277 e. The van der Waals surface area contributed by atoms with Gasteiger partial charge in [0.2, 0.25) is 0 Å². The molecule has 0 aliphatic heterocycles. The Morgan fingerprint density at radius 2 is 1.86 bits per heavy atom. The van der Waals surface area contributed by atoms with Gasteiger partial charge in [-0.15, -0.1) is 0 Å². The van der Waals surface area contributed by atoms with E-state index in [1.165, 1.54) is 18.3 Å². The first kappa shape index (κ1) is 16.1. The molecular weight excluding hydrogens is 327 g/mol. The third-order valence-electron chi connectivity index (χ3n) is 2.57. The van der Waals surface area contributed by atoms with Crippen LogP contribution in [0.5, 0.6) is 11.5 Å². The molecule has 0 bridgehead atoms. The van der Waals surface area contributed by atoms with Crippen LogP contribution >= 0.6 is 23.2 Å². The van der Waals surface area contributed by atoms with E-state index in [0.29, 0.717) is 21.4 Å². The van der Waals surface area contributed by atoms with E-state index in [4.69, 9.17) is 27.9 Å². The van der Waals surface area contributed by atoms with Crippen molar-refractivity contribution in [2.24, 2.45) is 5.10 Å². The molecule has 0 fully saturated rings. The van der Waals surface area contributed by atoms with Crippen molar-refractivity contribution < 1.29 is 14.6 Å². The lowest BCUT2D eigenvalue weighted by molar-refractivity contribution is -0.123. The van der Waals surface area contributed by atoms with Crippen molar-refractivity contribution in [2.45, 2.75) is 0 Å². The number of halogens is 2. The van der Waals surface area contributed by atoms with Gasteiger partial charge in [0.25, 0.3) is 5.91 Å². The van der Waals surface area contributed by atoms with Gasteiger partial charge in [0.05, 0.1) is 6.21 Å². The predicted octanol–water partition coefficient (Wildman–Crippen LogP) is 3.23. The number of benzene rings is 2. The minimum Gasteiger partial charge on any atom is -0.507 e. The fourth-order valence-electron chi connectivity index (χ4n) is 1.51. The summed E-state index contributed by atoms with van der Waals surface area (Å²) in [5, 5.41) is 14.3. The van der Waals surface area contributed by atoms with Crippen LogP contribution in [-0.2, 0) is 4.79 Å². The summed E-state index contributed by atoms with van der Waals surface area (Å²) in [7, 11) is 0. The number of nitrogens with zero attached hydrogens (tertiary/aromatic N) is 1. The third kappa shape index (κ3) is 4.95. The van der Waals surface area contributed by atoms with Gasteiger partial charge >= 0.3 is 0 Å². The number of aromatic hydroxyl groups is 1. The second-order valence-corrected chi connectivity index (χ2v) is 5.11. The zero-order valence-electron chi connectivity index (χ0n) is 11.3. The van der Waals surface area contributed by atoms with Gasteiger partial charge in [0.1, 0.15) is 11.5 Å². The van der Waals surface area contributed by atoms with Crippen LogP contribution in [0.1, 0.15) is 5.56 Å². The molecule has 0 unspecified atom stereocenters. The molecule has 5 nitrogen and oxygen atoms in total. The van der Waals surface area contributed by atoms with Gasteiger partial charge in [-0.1, -0.05) is 23.2 Å². The zero-order chi connectivity index (χ0) is 15.9. The number of hydrogen-bond donors (Lipinski definition) is 2. The number of phenolic OH excluding ortho intramolecular Hbond substituents is 1. The number of hydrogen-bond acceptors (Lipinski definition) is 4. The van der Waals surface area contributed by atoms with Crippen molar-refractivity contribution in [2.75, 3.05) is 6.61 Å². The summed E-state index contributed by atoms with van der Waals surface area (Å²) in [6, 6.07) is 11.1. The van der Waals surface area contributed by atoms with E-state index in [2.05, 4.69) is 10.5 Å². The zero-order valence-corrected chi connectivity index (χ0v) is 12.8. The van der Waals surface area contributed by atoms with Crippen LogP contribution in [-0.4, -0.2) is 23.8 Å². The first-order valence-electron chi connectivity index (χ1n) is 6.23. The molecule has 0 saturated heterocycles. The normalized spacial score (nSPS) is 10.6. The number of amides is 1. The van der Waals surface area contributed by atoms with Crippen molar-refractivity contribution in [1.82, 2.24) is 5.43 Å². The van der Waals surface area contributed by atoms with Gasteiger partial charge in [0, 0.05) is 15.6 Å². The van der Waals surface area contributed by atoms with E-state index in [1.807, 2.05) is 0 Å². The summed E-state index contributed by atoms with van der Waals surface area (Å²) in [4.78, 5) is 11.6. The summed E-state index contributed by atoms with van der Waals surface area (Å²) in [6.07, 6.45) is 1.29. The van der Waals surface area contributed by atoms with E-state index < -0.39 is 5.91 Å². The topological polar surface area (TPSA) is 70.9 Å². The Morgan fingerprint density at radius 3 is 2.59 bits per heavy atom. The molecule has 1 amide bonds. The lowest BCUT2D eigenvalue weighted by atomic mass is 10.2. The summed E-state index contributed by atoms with van der Waals surface area (Å²) >= 11 is 11.5. The van der Waals surface area contributed by atoms with Crippen LogP contribution < -0.4 is 10.2 Å². The maximum atomic E-state index is 11.6. The molecule has 0 spiro atoms. The summed E-state index contributed by atoms with van der Waals surface area (Å²) in [5.41, 5.74) is 2.68. The standard InChI is InChI=1S/C15H12Cl2N2O3/c16-11-1-4-13(5-2-11)22-9-15(21)19-18-8-10-7-12(17)3-6-14(10)20/h1-8,20H,9H2,(H,19,21). The molecule has 2 N–H and O–H groups in total. The van der Waals surface area contributed by atoms with E-state index in [-0.39, 0.29) is 12.4 Å². The number of nitrogens with one attached hydrogen (secondary N) is 1. The van der Waals surface area contributed by atoms with Crippen molar-refractivity contribution in [1.29, 1.82) is 0 Å². The Morgan fingerprint density at radius 1 is 1.18 bits per heavy atom.